The minimum Gasteiger partial charge on any atom is -0.305 e. The van der Waals surface area contributed by atoms with E-state index in [2.05, 4.69) is 44.6 Å². The Morgan fingerprint density at radius 2 is 1.97 bits per heavy atom. The van der Waals surface area contributed by atoms with E-state index in [1.54, 1.807) is 12.3 Å². The molecule has 10 heteroatoms. The number of pyridine rings is 2. The molecule has 1 aromatic carbocycles. The van der Waals surface area contributed by atoms with E-state index >= 15 is 4.39 Å². The van der Waals surface area contributed by atoms with Crippen molar-refractivity contribution in [2.75, 3.05) is 24.9 Å². The van der Waals surface area contributed by atoms with Crippen LogP contribution in [-0.4, -0.2) is 48.0 Å². The van der Waals surface area contributed by atoms with Gasteiger partial charge in [0.05, 0.1) is 11.3 Å². The lowest BCUT2D eigenvalue weighted by molar-refractivity contribution is 0.367. The second-order valence-electron chi connectivity index (χ2n) is 8.36. The summed E-state index contributed by atoms with van der Waals surface area (Å²) in [5, 5.41) is 0.848. The van der Waals surface area contributed by atoms with Gasteiger partial charge in [-0.3, -0.25) is 9.71 Å². The Morgan fingerprint density at radius 1 is 1.11 bits per heavy atom. The number of nitrogens with zero attached hydrogens (tertiary/aromatic N) is 4. The molecule has 182 valence electrons. The molecule has 1 N–H and O–H groups in total. The largest absolute Gasteiger partial charge is 0.305 e. The number of benzene rings is 1. The van der Waals surface area contributed by atoms with E-state index in [0.29, 0.717) is 5.56 Å². The fourth-order valence-corrected chi connectivity index (χ4v) is 4.92. The highest BCUT2D eigenvalue weighted by Gasteiger charge is 2.19. The van der Waals surface area contributed by atoms with Crippen LogP contribution in [0.5, 0.6) is 0 Å². The van der Waals surface area contributed by atoms with Crippen LogP contribution in [0.25, 0.3) is 16.7 Å². The molecule has 0 saturated heterocycles. The number of sulfonamides is 1. The van der Waals surface area contributed by atoms with Gasteiger partial charge in [0.25, 0.3) is 10.0 Å². The average molecular weight is 506 g/mol. The molecule has 0 amide bonds. The van der Waals surface area contributed by atoms with Crippen molar-refractivity contribution >= 4 is 32.4 Å². The summed E-state index contributed by atoms with van der Waals surface area (Å²) in [6.07, 6.45) is 9.11. The van der Waals surface area contributed by atoms with Gasteiger partial charge in [0, 0.05) is 60.9 Å². The molecule has 0 atom stereocenters. The molecule has 4 aromatic rings. The first-order valence-electron chi connectivity index (χ1n) is 11.1. The Hall–Kier alpha value is -4.07. The summed E-state index contributed by atoms with van der Waals surface area (Å²) < 4.78 is 58.7. The van der Waals surface area contributed by atoms with Crippen LogP contribution in [0.2, 0.25) is 0 Å². The molecule has 36 heavy (non-hydrogen) atoms. The van der Waals surface area contributed by atoms with Gasteiger partial charge in [-0.25, -0.2) is 22.2 Å². The number of anilines is 1. The van der Waals surface area contributed by atoms with Crippen molar-refractivity contribution in [3.63, 3.8) is 0 Å². The van der Waals surface area contributed by atoms with Crippen molar-refractivity contribution in [3.05, 3.63) is 90.0 Å². The third-order valence-corrected chi connectivity index (χ3v) is 7.19. The molecule has 5 rings (SSSR count). The number of aromatic nitrogens is 3. The molecule has 0 saturated carbocycles. The second-order valence-corrected chi connectivity index (χ2v) is 10.0. The van der Waals surface area contributed by atoms with Gasteiger partial charge in [0.15, 0.2) is 5.82 Å². The zero-order chi connectivity index (χ0) is 25.3. The molecule has 4 heterocycles. The Labute approximate surface area is 207 Å². The minimum atomic E-state index is -4.11. The van der Waals surface area contributed by atoms with Gasteiger partial charge in [0.1, 0.15) is 16.4 Å². The number of hydrogen-bond donors (Lipinski definition) is 1. The van der Waals surface area contributed by atoms with Crippen LogP contribution < -0.4 is 4.72 Å². The van der Waals surface area contributed by atoms with Gasteiger partial charge in [-0.2, -0.15) is 0 Å². The highest BCUT2D eigenvalue weighted by molar-refractivity contribution is 7.92. The summed E-state index contributed by atoms with van der Waals surface area (Å²) in [5.41, 5.74) is 1.46. The first-order valence-corrected chi connectivity index (χ1v) is 12.6. The standard InChI is InChI=1S/C26H21F2N5O2S/c1-32-12-9-20(10-13-32)33-14-8-19-15-18(16-30-26(19)33)4-5-22-23(27)6-7-24(25(22)28)31-36(34,35)21-3-2-11-29-17-21/h2-3,6-9,11,14-17,31H,10,12-13H2,1H3. The van der Waals surface area contributed by atoms with Gasteiger partial charge < -0.3 is 9.47 Å². The maximum Gasteiger partial charge on any atom is 0.263 e. The van der Waals surface area contributed by atoms with Gasteiger partial charge in [0.2, 0.25) is 0 Å². The molecule has 0 unspecified atom stereocenters. The molecule has 0 aliphatic carbocycles. The Morgan fingerprint density at radius 3 is 2.72 bits per heavy atom. The van der Waals surface area contributed by atoms with Crippen molar-refractivity contribution in [2.45, 2.75) is 11.3 Å². The monoisotopic (exact) mass is 505 g/mol. The van der Waals surface area contributed by atoms with Crippen LogP contribution in [0.15, 0.2) is 72.2 Å². The number of rotatable bonds is 4. The summed E-state index contributed by atoms with van der Waals surface area (Å²) in [5.74, 6) is 3.22. The van der Waals surface area contributed by atoms with E-state index in [0.717, 1.165) is 48.9 Å². The van der Waals surface area contributed by atoms with Gasteiger partial charge in [-0.05, 0) is 43.4 Å². The molecule has 3 aromatic heterocycles. The van der Waals surface area contributed by atoms with Crippen LogP contribution in [0.3, 0.4) is 0 Å². The van der Waals surface area contributed by atoms with Crippen molar-refractivity contribution in [1.29, 1.82) is 0 Å². The third-order valence-electron chi connectivity index (χ3n) is 5.84. The van der Waals surface area contributed by atoms with E-state index in [9.17, 15) is 12.8 Å². The molecule has 0 bridgehead atoms. The van der Waals surface area contributed by atoms with Crippen molar-refractivity contribution < 1.29 is 17.2 Å². The quantitative estimate of drug-likeness (QED) is 0.423. The van der Waals surface area contributed by atoms with Crippen molar-refractivity contribution in [2.24, 2.45) is 0 Å². The molecular formula is C26H21F2N5O2S. The van der Waals surface area contributed by atoms with E-state index < -0.39 is 32.9 Å². The smallest absolute Gasteiger partial charge is 0.263 e. The molecule has 1 aliphatic heterocycles. The fourth-order valence-electron chi connectivity index (χ4n) is 3.89. The average Bonchev–Trinajstić information content (AvgIpc) is 3.30. The topological polar surface area (TPSA) is 80.1 Å². The maximum atomic E-state index is 15.1. The van der Waals surface area contributed by atoms with Crippen LogP contribution in [-0.2, 0) is 10.0 Å². The fraction of sp³-hybridized carbons (Fsp3) is 0.154. The van der Waals surface area contributed by atoms with E-state index in [4.69, 9.17) is 0 Å². The minimum absolute atomic E-state index is 0.149. The lowest BCUT2D eigenvalue weighted by atomic mass is 10.1. The molecule has 0 fully saturated rings. The molecule has 0 spiro atoms. The predicted molar refractivity (Wildman–Crippen MR) is 134 cm³/mol. The number of hydrogen-bond acceptors (Lipinski definition) is 5. The zero-order valence-corrected chi connectivity index (χ0v) is 20.1. The van der Waals surface area contributed by atoms with Gasteiger partial charge in [-0.15, -0.1) is 0 Å². The SMILES string of the molecule is CN1CC=C(n2ccc3cc(C#Cc4c(F)ccc(NS(=O)(=O)c5cccnc5)c4F)cnc32)CC1. The highest BCUT2D eigenvalue weighted by Crippen LogP contribution is 2.25. The van der Waals surface area contributed by atoms with Crippen LogP contribution >= 0.6 is 0 Å². The number of likely N-dealkylation sites (N-methyl/N-ethyl adjacent to an activating group) is 1. The molecule has 7 nitrogen and oxygen atoms in total. The summed E-state index contributed by atoms with van der Waals surface area (Å²) >= 11 is 0. The predicted octanol–water partition coefficient (Wildman–Crippen LogP) is 4.09. The van der Waals surface area contributed by atoms with E-state index in [1.165, 1.54) is 24.0 Å². The third kappa shape index (κ3) is 4.71. The zero-order valence-electron chi connectivity index (χ0n) is 19.2. The summed E-state index contributed by atoms with van der Waals surface area (Å²) in [7, 11) is -2.04. The highest BCUT2D eigenvalue weighted by atomic mass is 32.2. The Balaban J connectivity index is 1.43. The van der Waals surface area contributed by atoms with E-state index in [1.807, 2.05) is 16.8 Å². The van der Waals surface area contributed by atoms with Gasteiger partial charge >= 0.3 is 0 Å². The van der Waals surface area contributed by atoms with Crippen molar-refractivity contribution in [3.8, 4) is 11.8 Å². The van der Waals surface area contributed by atoms with Crippen LogP contribution in [0.4, 0.5) is 14.5 Å². The van der Waals surface area contributed by atoms with Gasteiger partial charge in [-0.1, -0.05) is 17.9 Å². The lowest BCUT2D eigenvalue weighted by Crippen LogP contribution is -2.24. The summed E-state index contributed by atoms with van der Waals surface area (Å²) in [6.45, 7) is 1.83. The summed E-state index contributed by atoms with van der Waals surface area (Å²) in [4.78, 5) is 10.3. The number of fused-ring (bicyclic) bond motifs is 1. The molecule has 1 aliphatic rings. The lowest BCUT2D eigenvalue weighted by Gasteiger charge is -2.22. The normalized spacial score (nSPS) is 14.2. The maximum absolute atomic E-state index is 15.1. The Bertz CT molecular complexity index is 1650. The number of nitrogens with one attached hydrogen (secondary N) is 1. The van der Waals surface area contributed by atoms with E-state index in [-0.39, 0.29) is 4.90 Å². The first kappa shape index (κ1) is 23.7. The molecular weight excluding hydrogens is 484 g/mol. The van der Waals surface area contributed by atoms with Crippen LogP contribution in [0.1, 0.15) is 17.5 Å². The van der Waals surface area contributed by atoms with Crippen LogP contribution in [0, 0.1) is 23.5 Å². The first-order chi connectivity index (χ1) is 17.3. The summed E-state index contributed by atoms with van der Waals surface area (Å²) in [6, 6.07) is 8.45. The second kappa shape index (κ2) is 9.53. The Kier molecular flexibility index (Phi) is 6.26. The number of halogens is 2. The molecule has 0 radical (unpaired) electrons. The van der Waals surface area contributed by atoms with Crippen molar-refractivity contribution in [1.82, 2.24) is 19.4 Å².